The standard InChI is InChI=1S/C23H37FN4O/c1-25-22(26-12-7-15-28-13-4-2-3-5-14-28)27-19-23(10-16-29-17-11-23)20-8-6-9-21(24)18-20/h6,8-9,18H,2-5,7,10-17,19H2,1H3,(H2,25,26,27). The first-order chi connectivity index (χ1) is 14.2. The van der Waals surface area contributed by atoms with Crippen LogP contribution in [0.4, 0.5) is 4.39 Å². The molecule has 0 aliphatic carbocycles. The first-order valence-corrected chi connectivity index (χ1v) is 11.2. The van der Waals surface area contributed by atoms with Gasteiger partial charge in [-0.1, -0.05) is 25.0 Å². The van der Waals surface area contributed by atoms with Crippen LogP contribution in [0.5, 0.6) is 0 Å². The van der Waals surface area contributed by atoms with E-state index in [4.69, 9.17) is 4.74 Å². The van der Waals surface area contributed by atoms with Crippen LogP contribution in [-0.2, 0) is 10.2 Å². The van der Waals surface area contributed by atoms with Gasteiger partial charge in [0, 0.05) is 38.8 Å². The zero-order chi connectivity index (χ0) is 20.4. The van der Waals surface area contributed by atoms with Crippen LogP contribution in [0.3, 0.4) is 0 Å². The van der Waals surface area contributed by atoms with Crippen molar-refractivity contribution in [2.45, 2.75) is 50.4 Å². The summed E-state index contributed by atoms with van der Waals surface area (Å²) in [7, 11) is 1.81. The summed E-state index contributed by atoms with van der Waals surface area (Å²) in [6.45, 7) is 6.68. The number of likely N-dealkylation sites (tertiary alicyclic amines) is 1. The molecule has 2 fully saturated rings. The number of rotatable bonds is 7. The van der Waals surface area contributed by atoms with Gasteiger partial charge in [-0.3, -0.25) is 4.99 Å². The van der Waals surface area contributed by atoms with E-state index in [1.165, 1.54) is 44.8 Å². The third-order valence-electron chi connectivity index (χ3n) is 6.35. The SMILES string of the molecule is CN=C(NCCCN1CCCCCC1)NCC1(c2cccc(F)c2)CCOCC1. The highest BCUT2D eigenvalue weighted by Gasteiger charge is 2.34. The lowest BCUT2D eigenvalue weighted by atomic mass is 9.74. The van der Waals surface area contributed by atoms with E-state index in [-0.39, 0.29) is 11.2 Å². The molecule has 0 amide bonds. The number of hydrogen-bond acceptors (Lipinski definition) is 3. The Kier molecular flexibility index (Phi) is 8.74. The summed E-state index contributed by atoms with van der Waals surface area (Å²) in [5.41, 5.74) is 0.925. The minimum atomic E-state index is -0.176. The van der Waals surface area contributed by atoms with Gasteiger partial charge in [0.15, 0.2) is 5.96 Å². The molecule has 0 atom stereocenters. The first-order valence-electron chi connectivity index (χ1n) is 11.2. The van der Waals surface area contributed by atoms with Crippen molar-refractivity contribution in [1.29, 1.82) is 0 Å². The van der Waals surface area contributed by atoms with Crippen molar-refractivity contribution in [2.75, 3.05) is 53.0 Å². The molecule has 3 rings (SSSR count). The van der Waals surface area contributed by atoms with E-state index >= 15 is 0 Å². The predicted octanol–water partition coefficient (Wildman–Crippen LogP) is 3.31. The molecule has 162 valence electrons. The fourth-order valence-corrected chi connectivity index (χ4v) is 4.49. The Hall–Kier alpha value is -1.66. The van der Waals surface area contributed by atoms with E-state index in [1.54, 1.807) is 12.1 Å². The summed E-state index contributed by atoms with van der Waals surface area (Å²) in [5.74, 6) is 0.646. The van der Waals surface area contributed by atoms with Crippen LogP contribution in [0, 0.1) is 5.82 Å². The molecular weight excluding hydrogens is 367 g/mol. The third-order valence-corrected chi connectivity index (χ3v) is 6.35. The van der Waals surface area contributed by atoms with E-state index in [9.17, 15) is 4.39 Å². The number of nitrogens with one attached hydrogen (secondary N) is 2. The van der Waals surface area contributed by atoms with Gasteiger partial charge < -0.3 is 20.3 Å². The zero-order valence-corrected chi connectivity index (χ0v) is 17.9. The van der Waals surface area contributed by atoms with Gasteiger partial charge >= 0.3 is 0 Å². The Bertz CT molecular complexity index is 638. The Morgan fingerprint density at radius 1 is 1.14 bits per heavy atom. The summed E-state index contributed by atoms with van der Waals surface area (Å²) in [6, 6.07) is 7.02. The van der Waals surface area contributed by atoms with Gasteiger partial charge in [-0.15, -0.1) is 0 Å². The number of ether oxygens (including phenoxy) is 1. The molecular formula is C23H37FN4O. The number of nitrogens with zero attached hydrogens (tertiary/aromatic N) is 2. The maximum absolute atomic E-state index is 13.8. The molecule has 2 saturated heterocycles. The number of halogens is 1. The Labute approximate surface area is 175 Å². The van der Waals surface area contributed by atoms with E-state index in [0.29, 0.717) is 13.2 Å². The summed E-state index contributed by atoms with van der Waals surface area (Å²) in [6.07, 6.45) is 8.31. The minimum Gasteiger partial charge on any atom is -0.381 e. The highest BCUT2D eigenvalue weighted by Crippen LogP contribution is 2.34. The van der Waals surface area contributed by atoms with Gasteiger partial charge in [0.1, 0.15) is 5.82 Å². The van der Waals surface area contributed by atoms with Crippen molar-refractivity contribution in [3.63, 3.8) is 0 Å². The lowest BCUT2D eigenvalue weighted by molar-refractivity contribution is 0.0513. The maximum Gasteiger partial charge on any atom is 0.191 e. The maximum atomic E-state index is 13.8. The number of aliphatic imine (C=N–C) groups is 1. The summed E-state index contributed by atoms with van der Waals surface area (Å²) in [5, 5.41) is 6.94. The molecule has 2 aliphatic rings. The number of hydrogen-bond donors (Lipinski definition) is 2. The van der Waals surface area contributed by atoms with Gasteiger partial charge in [-0.05, 0) is 69.4 Å². The lowest BCUT2D eigenvalue weighted by Gasteiger charge is -2.38. The van der Waals surface area contributed by atoms with Gasteiger partial charge in [-0.2, -0.15) is 0 Å². The highest BCUT2D eigenvalue weighted by atomic mass is 19.1. The molecule has 0 unspecified atom stereocenters. The molecule has 0 radical (unpaired) electrons. The summed E-state index contributed by atoms with van der Waals surface area (Å²) >= 11 is 0. The van der Waals surface area contributed by atoms with Crippen molar-refractivity contribution in [2.24, 2.45) is 4.99 Å². The average Bonchev–Trinajstić information content (AvgIpc) is 3.03. The van der Waals surface area contributed by atoms with Gasteiger partial charge in [-0.25, -0.2) is 4.39 Å². The molecule has 1 aromatic rings. The van der Waals surface area contributed by atoms with Crippen LogP contribution in [0.25, 0.3) is 0 Å². The molecule has 0 bridgehead atoms. The Morgan fingerprint density at radius 3 is 2.59 bits per heavy atom. The van der Waals surface area contributed by atoms with Crippen LogP contribution in [-0.4, -0.2) is 63.8 Å². The second-order valence-electron chi connectivity index (χ2n) is 8.37. The summed E-state index contributed by atoms with van der Waals surface area (Å²) in [4.78, 5) is 6.98. The average molecular weight is 405 g/mol. The quantitative estimate of drug-likeness (QED) is 0.416. The molecule has 0 spiro atoms. The van der Waals surface area contributed by atoms with Gasteiger partial charge in [0.25, 0.3) is 0 Å². The number of benzene rings is 1. The molecule has 2 aliphatic heterocycles. The molecule has 1 aromatic carbocycles. The monoisotopic (exact) mass is 404 g/mol. The van der Waals surface area contributed by atoms with E-state index < -0.39 is 0 Å². The normalized spacial score (nSPS) is 20.8. The Morgan fingerprint density at radius 2 is 1.90 bits per heavy atom. The van der Waals surface area contributed by atoms with E-state index in [0.717, 1.165) is 50.4 Å². The molecule has 2 heterocycles. The molecule has 5 nitrogen and oxygen atoms in total. The molecule has 0 aromatic heterocycles. The van der Waals surface area contributed by atoms with Crippen LogP contribution >= 0.6 is 0 Å². The van der Waals surface area contributed by atoms with Crippen molar-refractivity contribution >= 4 is 5.96 Å². The lowest BCUT2D eigenvalue weighted by Crippen LogP contribution is -2.48. The van der Waals surface area contributed by atoms with Crippen LogP contribution < -0.4 is 10.6 Å². The molecule has 2 N–H and O–H groups in total. The molecule has 6 heteroatoms. The second kappa shape index (κ2) is 11.5. The minimum absolute atomic E-state index is 0.121. The van der Waals surface area contributed by atoms with Crippen LogP contribution in [0.1, 0.15) is 50.5 Å². The smallest absolute Gasteiger partial charge is 0.191 e. The largest absolute Gasteiger partial charge is 0.381 e. The second-order valence-corrected chi connectivity index (χ2v) is 8.37. The van der Waals surface area contributed by atoms with Crippen LogP contribution in [0.15, 0.2) is 29.3 Å². The highest BCUT2D eigenvalue weighted by molar-refractivity contribution is 5.79. The van der Waals surface area contributed by atoms with Crippen molar-refractivity contribution < 1.29 is 9.13 Å². The third kappa shape index (κ3) is 6.68. The van der Waals surface area contributed by atoms with Crippen molar-refractivity contribution in [1.82, 2.24) is 15.5 Å². The van der Waals surface area contributed by atoms with E-state index in [1.807, 2.05) is 13.1 Å². The Balaban J connectivity index is 1.48. The first kappa shape index (κ1) is 22.0. The van der Waals surface area contributed by atoms with Gasteiger partial charge in [0.05, 0.1) is 0 Å². The van der Waals surface area contributed by atoms with Crippen molar-refractivity contribution in [3.05, 3.63) is 35.6 Å². The van der Waals surface area contributed by atoms with E-state index in [2.05, 4.69) is 20.5 Å². The molecule has 29 heavy (non-hydrogen) atoms. The zero-order valence-electron chi connectivity index (χ0n) is 17.9. The summed E-state index contributed by atoms with van der Waals surface area (Å²) < 4.78 is 19.4. The van der Waals surface area contributed by atoms with Crippen LogP contribution in [0.2, 0.25) is 0 Å². The fraction of sp³-hybridized carbons (Fsp3) is 0.696. The number of guanidine groups is 1. The predicted molar refractivity (Wildman–Crippen MR) is 117 cm³/mol. The van der Waals surface area contributed by atoms with Gasteiger partial charge in [0.2, 0.25) is 0 Å². The topological polar surface area (TPSA) is 48.9 Å². The van der Waals surface area contributed by atoms with Crippen molar-refractivity contribution in [3.8, 4) is 0 Å². The fourth-order valence-electron chi connectivity index (χ4n) is 4.49. The molecule has 0 saturated carbocycles.